The molecule has 1 N–H and O–H groups in total. The number of aromatic nitrogens is 1. The zero-order valence-electron chi connectivity index (χ0n) is 14.9. The van der Waals surface area contributed by atoms with E-state index in [1.165, 1.54) is 33.4 Å². The molecule has 0 atom stereocenters. The van der Waals surface area contributed by atoms with Crippen LogP contribution in [0.2, 0.25) is 0 Å². The van der Waals surface area contributed by atoms with Crippen LogP contribution in [0.3, 0.4) is 0 Å². The van der Waals surface area contributed by atoms with E-state index in [1.54, 1.807) is 0 Å². The van der Waals surface area contributed by atoms with Crippen LogP contribution in [-0.4, -0.2) is 10.5 Å². The van der Waals surface area contributed by atoms with Crippen molar-refractivity contribution in [2.45, 2.75) is 41.2 Å². The lowest BCUT2D eigenvalue weighted by Crippen LogP contribution is -2.22. The minimum absolute atomic E-state index is 0.450. The van der Waals surface area contributed by atoms with Crippen molar-refractivity contribution >= 4 is 16.8 Å². The van der Waals surface area contributed by atoms with Gasteiger partial charge in [0.25, 0.3) is 0 Å². The van der Waals surface area contributed by atoms with Crippen molar-refractivity contribution in [2.24, 2.45) is 0 Å². The molecule has 3 heteroatoms. The second kappa shape index (κ2) is 5.82. The quantitative estimate of drug-likeness (QED) is 0.577. The molecule has 0 bridgehead atoms. The molecule has 0 unspecified atom stereocenters. The number of fused-ring (bicyclic) bond motifs is 1. The molecule has 0 radical (unpaired) electrons. The third-order valence-electron chi connectivity index (χ3n) is 5.51. The van der Waals surface area contributed by atoms with Crippen LogP contribution in [0.15, 0.2) is 30.3 Å². The van der Waals surface area contributed by atoms with Gasteiger partial charge in [-0.05, 0) is 80.1 Å². The summed E-state index contributed by atoms with van der Waals surface area (Å²) in [6.07, 6.45) is 0. The Balaban J connectivity index is 2.25. The third kappa shape index (κ3) is 2.41. The predicted molar refractivity (Wildman–Crippen MR) is 98.0 cm³/mol. The van der Waals surface area contributed by atoms with E-state index < -0.39 is 5.90 Å². The van der Waals surface area contributed by atoms with Gasteiger partial charge in [-0.15, -0.1) is 0 Å². The van der Waals surface area contributed by atoms with Gasteiger partial charge in [-0.3, -0.25) is 0 Å². The van der Waals surface area contributed by atoms with Gasteiger partial charge in [0.05, 0.1) is 5.69 Å². The third-order valence-corrected chi connectivity index (χ3v) is 5.51. The van der Waals surface area contributed by atoms with Crippen molar-refractivity contribution in [3.05, 3.63) is 69.4 Å². The van der Waals surface area contributed by atoms with Gasteiger partial charge in [0.1, 0.15) is 0 Å². The average Bonchev–Trinajstić information content (AvgIpc) is 2.94. The number of nitrogens with one attached hydrogen (secondary N) is 1. The van der Waals surface area contributed by atoms with Crippen LogP contribution in [0.4, 0.5) is 0 Å². The highest BCUT2D eigenvalue weighted by Gasteiger charge is 2.15. The fourth-order valence-corrected chi connectivity index (χ4v) is 3.54. The van der Waals surface area contributed by atoms with Gasteiger partial charge in [0, 0.05) is 23.3 Å². The summed E-state index contributed by atoms with van der Waals surface area (Å²) < 4.78 is 1.98. The molecular formula is C21H23N2O-. The molecule has 3 rings (SSSR count). The minimum atomic E-state index is -0.637. The molecule has 0 spiro atoms. The highest BCUT2D eigenvalue weighted by molar-refractivity contribution is 5.94. The molecule has 0 saturated carbocycles. The second-order valence-electron chi connectivity index (χ2n) is 6.61. The lowest BCUT2D eigenvalue weighted by Gasteiger charge is -2.21. The Labute approximate surface area is 143 Å². The molecular weight excluding hydrogens is 296 g/mol. The highest BCUT2D eigenvalue weighted by Crippen LogP contribution is 2.29. The molecule has 0 fully saturated rings. The summed E-state index contributed by atoms with van der Waals surface area (Å²) in [5.41, 5.74) is 9.20. The maximum Gasteiger partial charge on any atom is 0.0523 e. The Morgan fingerprint density at radius 1 is 0.917 bits per heavy atom. The summed E-state index contributed by atoms with van der Waals surface area (Å²) in [5.74, 6) is -0.637. The molecule has 0 aliphatic heterocycles. The Morgan fingerprint density at radius 2 is 1.46 bits per heavy atom. The van der Waals surface area contributed by atoms with Crippen molar-refractivity contribution in [3.63, 3.8) is 0 Å². The average molecular weight is 319 g/mol. The van der Waals surface area contributed by atoms with Crippen LogP contribution in [-0.2, 0) is 6.54 Å². The van der Waals surface area contributed by atoms with Crippen LogP contribution in [0, 0.1) is 40.0 Å². The molecule has 3 nitrogen and oxygen atoms in total. The molecule has 24 heavy (non-hydrogen) atoms. The number of para-hydroxylation sites is 1. The van der Waals surface area contributed by atoms with Crippen molar-refractivity contribution < 1.29 is 5.11 Å². The van der Waals surface area contributed by atoms with Gasteiger partial charge in [-0.1, -0.05) is 18.2 Å². The summed E-state index contributed by atoms with van der Waals surface area (Å²) in [6.45, 7) is 11.4. The van der Waals surface area contributed by atoms with Crippen LogP contribution < -0.4 is 5.11 Å². The molecule has 0 saturated heterocycles. The normalized spacial score (nSPS) is 11.2. The predicted octanol–water partition coefficient (Wildman–Crippen LogP) is 3.92. The lowest BCUT2D eigenvalue weighted by molar-refractivity contribution is -0.215. The molecule has 1 heterocycles. The maximum absolute atomic E-state index is 11.8. The van der Waals surface area contributed by atoms with Crippen LogP contribution in [0.5, 0.6) is 0 Å². The summed E-state index contributed by atoms with van der Waals surface area (Å²) in [4.78, 5) is 0. The topological polar surface area (TPSA) is 51.8 Å². The second-order valence-corrected chi connectivity index (χ2v) is 6.61. The molecule has 0 aliphatic rings. The smallest absolute Gasteiger partial charge is 0.0523 e. The first-order chi connectivity index (χ1) is 11.3. The van der Waals surface area contributed by atoms with E-state index in [1.807, 2.05) is 34.9 Å². The van der Waals surface area contributed by atoms with E-state index in [0.717, 1.165) is 10.9 Å². The van der Waals surface area contributed by atoms with Gasteiger partial charge in [0.15, 0.2) is 0 Å². The largest absolute Gasteiger partial charge is 0.858 e. The van der Waals surface area contributed by atoms with E-state index in [-0.39, 0.29) is 0 Å². The monoisotopic (exact) mass is 319 g/mol. The first kappa shape index (κ1) is 16.3. The Hall–Kier alpha value is -2.55. The van der Waals surface area contributed by atoms with E-state index in [0.29, 0.717) is 12.2 Å². The Morgan fingerprint density at radius 3 is 2.04 bits per heavy atom. The molecule has 0 amide bonds. The Bertz CT molecular complexity index is 935. The zero-order chi connectivity index (χ0) is 17.6. The number of hydrogen-bond acceptors (Lipinski definition) is 2. The summed E-state index contributed by atoms with van der Waals surface area (Å²) in [7, 11) is 0. The fraction of sp³-hybridized carbons (Fsp3) is 0.286. The van der Waals surface area contributed by atoms with Crippen molar-refractivity contribution in [3.8, 4) is 0 Å². The lowest BCUT2D eigenvalue weighted by atomic mass is 9.89. The fourth-order valence-electron chi connectivity index (χ4n) is 3.54. The van der Waals surface area contributed by atoms with Crippen LogP contribution in [0.1, 0.15) is 39.1 Å². The van der Waals surface area contributed by atoms with Gasteiger partial charge >= 0.3 is 0 Å². The Kier molecular flexibility index (Phi) is 3.96. The number of hydrogen-bond donors (Lipinski definition) is 1. The highest BCUT2D eigenvalue weighted by atomic mass is 16.3. The number of nitrogens with zero attached hydrogens (tertiary/aromatic N) is 1. The molecule has 1 aromatic heterocycles. The van der Waals surface area contributed by atoms with Crippen molar-refractivity contribution in [1.82, 2.24) is 4.57 Å². The van der Waals surface area contributed by atoms with Crippen LogP contribution in [0.25, 0.3) is 10.9 Å². The van der Waals surface area contributed by atoms with Crippen molar-refractivity contribution in [2.75, 3.05) is 0 Å². The summed E-state index contributed by atoms with van der Waals surface area (Å²) >= 11 is 0. The minimum Gasteiger partial charge on any atom is -0.858 e. The van der Waals surface area contributed by atoms with Crippen molar-refractivity contribution in [1.29, 1.82) is 5.41 Å². The van der Waals surface area contributed by atoms with E-state index in [4.69, 9.17) is 5.41 Å². The van der Waals surface area contributed by atoms with Gasteiger partial charge in [-0.2, -0.15) is 0 Å². The number of rotatable bonds is 3. The summed E-state index contributed by atoms with van der Waals surface area (Å²) in [5, 5.41) is 20.5. The van der Waals surface area contributed by atoms with Gasteiger partial charge in [-0.25, -0.2) is 0 Å². The van der Waals surface area contributed by atoms with Gasteiger partial charge < -0.3 is 15.1 Å². The number of benzene rings is 2. The SMILES string of the molecule is Cc1c(C)c(C)c(Cn2c(C(=N)[O-])cc3ccccc32)c(C)c1C. The molecule has 3 aromatic rings. The van der Waals surface area contributed by atoms with E-state index in [9.17, 15) is 5.11 Å². The zero-order valence-corrected chi connectivity index (χ0v) is 14.9. The van der Waals surface area contributed by atoms with E-state index >= 15 is 0 Å². The first-order valence-electron chi connectivity index (χ1n) is 8.23. The van der Waals surface area contributed by atoms with Crippen LogP contribution >= 0.6 is 0 Å². The molecule has 2 aromatic carbocycles. The van der Waals surface area contributed by atoms with Gasteiger partial charge in [0.2, 0.25) is 0 Å². The standard InChI is InChI=1S/C21H24N2O/c1-12-13(2)15(4)18(16(5)14(12)3)11-23-19-9-7-6-8-17(19)10-20(23)21(22)24/h6-10H,11H2,1-5H3,(H2,22,24)/p-1. The molecule has 0 aliphatic carbocycles. The van der Waals surface area contributed by atoms with E-state index in [2.05, 4.69) is 34.6 Å². The molecule has 124 valence electrons. The maximum atomic E-state index is 11.8. The first-order valence-corrected chi connectivity index (χ1v) is 8.23. The summed E-state index contributed by atoms with van der Waals surface area (Å²) in [6, 6.07) is 9.76.